The summed E-state index contributed by atoms with van der Waals surface area (Å²) in [6.07, 6.45) is 1.32. The van der Waals surface area contributed by atoms with Gasteiger partial charge < -0.3 is 10.2 Å². The van der Waals surface area contributed by atoms with Gasteiger partial charge in [0.2, 0.25) is 15.9 Å². The van der Waals surface area contributed by atoms with Gasteiger partial charge in [0.1, 0.15) is 12.2 Å². The second kappa shape index (κ2) is 6.71. The van der Waals surface area contributed by atoms with Gasteiger partial charge in [-0.2, -0.15) is 5.26 Å². The van der Waals surface area contributed by atoms with Crippen LogP contribution in [0.15, 0.2) is 0 Å². The summed E-state index contributed by atoms with van der Waals surface area (Å²) >= 11 is 0. The Bertz CT molecular complexity index is 596. The van der Waals surface area contributed by atoms with Gasteiger partial charge in [-0.05, 0) is 19.8 Å². The average molecular weight is 346 g/mol. The van der Waals surface area contributed by atoms with E-state index in [0.717, 1.165) is 0 Å². The van der Waals surface area contributed by atoms with E-state index in [9.17, 15) is 17.6 Å². The summed E-state index contributed by atoms with van der Waals surface area (Å²) in [4.78, 5) is 13.5. The van der Waals surface area contributed by atoms with Crippen LogP contribution in [0.2, 0.25) is 0 Å². The van der Waals surface area contributed by atoms with Crippen molar-refractivity contribution in [2.75, 3.05) is 32.4 Å². The highest BCUT2D eigenvalue weighted by molar-refractivity contribution is 7.88. The maximum absolute atomic E-state index is 13.4. The van der Waals surface area contributed by atoms with Crippen LogP contribution in [0, 0.1) is 11.3 Å². The Labute approximate surface area is 136 Å². The van der Waals surface area contributed by atoms with Crippen LogP contribution < -0.4 is 5.32 Å². The fourth-order valence-electron chi connectivity index (χ4n) is 3.06. The third-order valence-electron chi connectivity index (χ3n) is 4.68. The van der Waals surface area contributed by atoms with Gasteiger partial charge in [-0.15, -0.1) is 0 Å². The largest absolute Gasteiger partial charge is 0.323 e. The van der Waals surface area contributed by atoms with E-state index in [1.807, 2.05) is 13.0 Å². The minimum absolute atomic E-state index is 0.0281. The van der Waals surface area contributed by atoms with Crippen molar-refractivity contribution >= 4 is 15.9 Å². The molecule has 1 N–H and O–H groups in total. The van der Waals surface area contributed by atoms with Crippen LogP contribution in [0.5, 0.6) is 0 Å². The van der Waals surface area contributed by atoms with Crippen LogP contribution in [0.1, 0.15) is 26.2 Å². The van der Waals surface area contributed by atoms with Gasteiger partial charge in [0.25, 0.3) is 0 Å². The summed E-state index contributed by atoms with van der Waals surface area (Å²) < 4.78 is 37.8. The number of nitriles is 1. The molecule has 0 aromatic rings. The zero-order valence-electron chi connectivity index (χ0n) is 13.5. The number of carbonyl (C=O) groups excluding carboxylic acids is 1. The van der Waals surface area contributed by atoms with E-state index < -0.39 is 22.2 Å². The minimum atomic E-state index is -3.18. The third-order valence-corrected chi connectivity index (χ3v) is 5.98. The molecule has 0 aliphatic carbocycles. The lowest BCUT2D eigenvalue weighted by Gasteiger charge is -2.39. The van der Waals surface area contributed by atoms with E-state index in [1.165, 1.54) is 15.5 Å². The molecule has 0 spiro atoms. The highest BCUT2D eigenvalue weighted by atomic mass is 32.2. The quantitative estimate of drug-likeness (QED) is 0.764. The molecule has 2 saturated heterocycles. The van der Waals surface area contributed by atoms with Gasteiger partial charge in [0, 0.05) is 25.0 Å². The topological polar surface area (TPSA) is 93.5 Å². The number of rotatable bonds is 4. The number of alkyl halides is 1. The van der Waals surface area contributed by atoms with E-state index >= 15 is 0 Å². The molecule has 0 unspecified atom stereocenters. The fourth-order valence-corrected chi connectivity index (χ4v) is 3.91. The van der Waals surface area contributed by atoms with Crippen molar-refractivity contribution < 1.29 is 17.6 Å². The smallest absolute Gasteiger partial charge is 0.237 e. The van der Waals surface area contributed by atoms with E-state index in [0.29, 0.717) is 25.9 Å². The molecular weight excluding hydrogens is 323 g/mol. The van der Waals surface area contributed by atoms with Crippen molar-refractivity contribution in [2.45, 2.75) is 43.9 Å². The molecule has 0 aromatic heterocycles. The molecule has 2 aliphatic rings. The number of hydrogen-bond donors (Lipinski definition) is 1. The van der Waals surface area contributed by atoms with Crippen LogP contribution in [0.25, 0.3) is 0 Å². The molecule has 2 fully saturated rings. The third kappa shape index (κ3) is 4.40. The zero-order valence-corrected chi connectivity index (χ0v) is 14.3. The summed E-state index contributed by atoms with van der Waals surface area (Å²) in [5.41, 5.74) is -0.339. The first kappa shape index (κ1) is 18.1. The van der Waals surface area contributed by atoms with Crippen LogP contribution in [-0.4, -0.2) is 73.7 Å². The fraction of sp³-hybridized carbons (Fsp3) is 0.857. The molecule has 0 bridgehead atoms. The maximum Gasteiger partial charge on any atom is 0.237 e. The van der Waals surface area contributed by atoms with Gasteiger partial charge in [0.05, 0.1) is 25.4 Å². The molecule has 9 heteroatoms. The standard InChI is InChI=1S/C14H23FN4O3S/c1-14(3-5-18(6-4-14)23(2,21)22)17-9-13(20)19-10-11(15)7-12(19)8-16/h11-12,17H,3-7,9-10H2,1-2H3/t11-,12+/m0/s1. The molecule has 0 saturated carbocycles. The van der Waals surface area contributed by atoms with E-state index in [-0.39, 0.29) is 31.0 Å². The summed E-state index contributed by atoms with van der Waals surface area (Å²) in [5.74, 6) is -0.288. The Hall–Kier alpha value is -1.24. The number of nitrogens with one attached hydrogen (secondary N) is 1. The number of likely N-dealkylation sites (tertiary alicyclic amines) is 1. The van der Waals surface area contributed by atoms with E-state index in [2.05, 4.69) is 5.32 Å². The second-order valence-electron chi connectivity index (χ2n) is 6.60. The Morgan fingerprint density at radius 2 is 2.04 bits per heavy atom. The highest BCUT2D eigenvalue weighted by Gasteiger charge is 2.37. The number of carbonyl (C=O) groups is 1. The molecule has 2 rings (SSSR count). The number of nitrogens with zero attached hydrogens (tertiary/aromatic N) is 3. The first-order valence-electron chi connectivity index (χ1n) is 7.68. The monoisotopic (exact) mass is 346 g/mol. The van der Waals surface area contributed by atoms with Gasteiger partial charge in [-0.25, -0.2) is 17.1 Å². The molecular formula is C14H23FN4O3S. The molecule has 7 nitrogen and oxygen atoms in total. The average Bonchev–Trinajstić information content (AvgIpc) is 2.85. The van der Waals surface area contributed by atoms with Crippen LogP contribution in [0.4, 0.5) is 4.39 Å². The molecule has 0 radical (unpaired) electrons. The number of sulfonamides is 1. The van der Waals surface area contributed by atoms with Crippen LogP contribution in [-0.2, 0) is 14.8 Å². The molecule has 130 valence electrons. The first-order chi connectivity index (χ1) is 10.6. The van der Waals surface area contributed by atoms with Gasteiger partial charge >= 0.3 is 0 Å². The van der Waals surface area contributed by atoms with Crippen molar-refractivity contribution in [3.05, 3.63) is 0 Å². The van der Waals surface area contributed by atoms with Crippen LogP contribution >= 0.6 is 0 Å². The second-order valence-corrected chi connectivity index (χ2v) is 8.58. The van der Waals surface area contributed by atoms with Crippen molar-refractivity contribution in [3.63, 3.8) is 0 Å². The number of halogens is 1. The Morgan fingerprint density at radius 3 is 2.57 bits per heavy atom. The van der Waals surface area contributed by atoms with Gasteiger partial charge in [-0.3, -0.25) is 4.79 Å². The molecule has 0 aromatic carbocycles. The Balaban J connectivity index is 1.86. The molecule has 1 amide bonds. The lowest BCUT2D eigenvalue weighted by atomic mass is 9.90. The molecule has 2 heterocycles. The number of hydrogen-bond acceptors (Lipinski definition) is 5. The molecule has 23 heavy (non-hydrogen) atoms. The Kier molecular flexibility index (Phi) is 5.28. The normalized spacial score (nSPS) is 28.5. The van der Waals surface area contributed by atoms with Crippen molar-refractivity contribution in [2.24, 2.45) is 0 Å². The minimum Gasteiger partial charge on any atom is -0.323 e. The van der Waals surface area contributed by atoms with Crippen molar-refractivity contribution in [3.8, 4) is 6.07 Å². The summed E-state index contributed by atoms with van der Waals surface area (Å²) in [5, 5.41) is 12.1. The zero-order chi connectivity index (χ0) is 17.3. The van der Waals surface area contributed by atoms with Crippen LogP contribution in [0.3, 0.4) is 0 Å². The lowest BCUT2D eigenvalue weighted by molar-refractivity contribution is -0.130. The number of amides is 1. The lowest BCUT2D eigenvalue weighted by Crippen LogP contribution is -2.55. The van der Waals surface area contributed by atoms with Gasteiger partial charge in [-0.1, -0.05) is 0 Å². The predicted octanol–water partition coefficient (Wildman–Crippen LogP) is -0.147. The van der Waals surface area contributed by atoms with Crippen molar-refractivity contribution in [1.82, 2.24) is 14.5 Å². The molecule has 2 atom stereocenters. The van der Waals surface area contributed by atoms with Gasteiger partial charge in [0.15, 0.2) is 0 Å². The molecule has 2 aliphatic heterocycles. The van der Waals surface area contributed by atoms with Crippen molar-refractivity contribution in [1.29, 1.82) is 5.26 Å². The van der Waals surface area contributed by atoms with E-state index in [1.54, 1.807) is 0 Å². The summed E-state index contributed by atoms with van der Waals surface area (Å²) in [7, 11) is -3.18. The Morgan fingerprint density at radius 1 is 1.43 bits per heavy atom. The first-order valence-corrected chi connectivity index (χ1v) is 9.53. The summed E-state index contributed by atoms with van der Waals surface area (Å²) in [6, 6.07) is 1.26. The summed E-state index contributed by atoms with van der Waals surface area (Å²) in [6.45, 7) is 2.77. The SMILES string of the molecule is CC1(NCC(=O)N2C[C@@H](F)C[C@@H]2C#N)CCN(S(C)(=O)=O)CC1. The number of piperidine rings is 1. The maximum atomic E-state index is 13.4. The predicted molar refractivity (Wildman–Crippen MR) is 82.7 cm³/mol. The van der Waals surface area contributed by atoms with E-state index in [4.69, 9.17) is 5.26 Å². The highest BCUT2D eigenvalue weighted by Crippen LogP contribution is 2.24.